The van der Waals surface area contributed by atoms with Crippen molar-refractivity contribution >= 4 is 23.3 Å². The molecule has 0 aliphatic carbocycles. The second kappa shape index (κ2) is 6.53. The SMILES string of the molecule is CO/N=C(\C(=O)OC)N(C)c1cccc(C(C)=O)c1. The molecule has 1 aromatic carbocycles. The number of hydrogen-bond donors (Lipinski definition) is 0. The van der Waals surface area contributed by atoms with Crippen LogP contribution in [0, 0.1) is 0 Å². The zero-order valence-corrected chi connectivity index (χ0v) is 11.3. The van der Waals surface area contributed by atoms with Crippen molar-refractivity contribution in [2.24, 2.45) is 5.16 Å². The Kier molecular flexibility index (Phi) is 5.05. The monoisotopic (exact) mass is 264 g/mol. The number of oxime groups is 1. The van der Waals surface area contributed by atoms with Crippen LogP contribution in [0.2, 0.25) is 0 Å². The molecule has 19 heavy (non-hydrogen) atoms. The normalized spacial score (nSPS) is 10.8. The molecule has 0 unspecified atom stereocenters. The number of nitrogens with zero attached hydrogens (tertiary/aromatic N) is 2. The van der Waals surface area contributed by atoms with E-state index in [0.717, 1.165) is 0 Å². The molecule has 0 atom stereocenters. The third kappa shape index (κ3) is 3.54. The summed E-state index contributed by atoms with van der Waals surface area (Å²) in [6.45, 7) is 1.48. The van der Waals surface area contributed by atoms with Gasteiger partial charge in [0.1, 0.15) is 7.11 Å². The van der Waals surface area contributed by atoms with E-state index in [1.807, 2.05) is 0 Å². The van der Waals surface area contributed by atoms with E-state index in [-0.39, 0.29) is 11.6 Å². The number of esters is 1. The van der Waals surface area contributed by atoms with Crippen LogP contribution in [-0.4, -0.2) is 38.9 Å². The molecule has 0 aliphatic rings. The Morgan fingerprint density at radius 3 is 2.47 bits per heavy atom. The number of anilines is 1. The molecule has 6 nitrogen and oxygen atoms in total. The first-order valence-corrected chi connectivity index (χ1v) is 5.55. The average molecular weight is 264 g/mol. The van der Waals surface area contributed by atoms with E-state index >= 15 is 0 Å². The van der Waals surface area contributed by atoms with Gasteiger partial charge in [-0.05, 0) is 19.1 Å². The van der Waals surface area contributed by atoms with Crippen LogP contribution in [0.1, 0.15) is 17.3 Å². The average Bonchev–Trinajstić information content (AvgIpc) is 2.43. The van der Waals surface area contributed by atoms with Gasteiger partial charge in [-0.1, -0.05) is 17.3 Å². The van der Waals surface area contributed by atoms with Crippen molar-refractivity contribution in [1.82, 2.24) is 0 Å². The maximum Gasteiger partial charge on any atom is 0.377 e. The first-order valence-electron chi connectivity index (χ1n) is 5.55. The molecule has 0 fully saturated rings. The van der Waals surface area contributed by atoms with Crippen molar-refractivity contribution in [2.75, 3.05) is 26.2 Å². The highest BCUT2D eigenvalue weighted by Crippen LogP contribution is 2.16. The number of methoxy groups -OCH3 is 1. The fourth-order valence-corrected chi connectivity index (χ4v) is 1.47. The van der Waals surface area contributed by atoms with Crippen molar-refractivity contribution in [3.63, 3.8) is 0 Å². The highest BCUT2D eigenvalue weighted by Gasteiger charge is 2.20. The molecular formula is C13H16N2O4. The molecule has 1 rings (SSSR count). The number of ether oxygens (including phenoxy) is 1. The van der Waals surface area contributed by atoms with Crippen molar-refractivity contribution in [3.05, 3.63) is 29.8 Å². The second-order valence-corrected chi connectivity index (χ2v) is 3.75. The highest BCUT2D eigenvalue weighted by atomic mass is 16.6. The van der Waals surface area contributed by atoms with E-state index in [0.29, 0.717) is 11.3 Å². The van der Waals surface area contributed by atoms with Gasteiger partial charge in [-0.3, -0.25) is 4.79 Å². The molecule has 6 heteroatoms. The van der Waals surface area contributed by atoms with E-state index in [2.05, 4.69) is 14.7 Å². The molecule has 0 saturated heterocycles. The van der Waals surface area contributed by atoms with Crippen molar-refractivity contribution in [2.45, 2.75) is 6.92 Å². The first-order chi connectivity index (χ1) is 9.01. The number of likely N-dealkylation sites (N-methyl/N-ethyl adjacent to an activating group) is 1. The third-order valence-electron chi connectivity index (χ3n) is 2.50. The van der Waals surface area contributed by atoms with Crippen molar-refractivity contribution in [1.29, 1.82) is 0 Å². The summed E-state index contributed by atoms with van der Waals surface area (Å²) in [5, 5.41) is 3.63. The summed E-state index contributed by atoms with van der Waals surface area (Å²) in [5.74, 6) is -0.693. The number of benzene rings is 1. The van der Waals surface area contributed by atoms with Gasteiger partial charge in [-0.25, -0.2) is 4.79 Å². The lowest BCUT2D eigenvalue weighted by atomic mass is 10.1. The van der Waals surface area contributed by atoms with E-state index in [4.69, 9.17) is 0 Å². The predicted octanol–water partition coefficient (Wildman–Crippen LogP) is 1.46. The summed E-state index contributed by atoms with van der Waals surface area (Å²) >= 11 is 0. The lowest BCUT2D eigenvalue weighted by Gasteiger charge is -2.19. The van der Waals surface area contributed by atoms with Crippen molar-refractivity contribution in [3.8, 4) is 0 Å². The number of carbonyl (C=O) groups excluding carboxylic acids is 2. The molecule has 0 heterocycles. The van der Waals surface area contributed by atoms with Gasteiger partial charge in [-0.15, -0.1) is 0 Å². The van der Waals surface area contributed by atoms with E-state index < -0.39 is 5.97 Å². The van der Waals surface area contributed by atoms with Crippen LogP contribution in [0.15, 0.2) is 29.4 Å². The standard InChI is InChI=1S/C13H16N2O4/c1-9(16)10-6-5-7-11(8-10)15(2)12(14-19-4)13(17)18-3/h5-8H,1-4H3/b14-12+. The zero-order valence-electron chi connectivity index (χ0n) is 11.3. The number of amidine groups is 1. The molecule has 0 aromatic heterocycles. The number of hydrogen-bond acceptors (Lipinski definition) is 5. The molecule has 0 N–H and O–H groups in total. The van der Waals surface area contributed by atoms with Gasteiger partial charge in [0.2, 0.25) is 0 Å². The minimum Gasteiger partial charge on any atom is -0.463 e. The molecule has 1 aromatic rings. The van der Waals surface area contributed by atoms with Gasteiger partial charge in [-0.2, -0.15) is 0 Å². The molecule has 0 amide bonds. The topological polar surface area (TPSA) is 68.2 Å². The lowest BCUT2D eigenvalue weighted by molar-refractivity contribution is -0.133. The predicted molar refractivity (Wildman–Crippen MR) is 71.3 cm³/mol. The summed E-state index contributed by atoms with van der Waals surface area (Å²) in [5.41, 5.74) is 1.18. The van der Waals surface area contributed by atoms with Crippen molar-refractivity contribution < 1.29 is 19.2 Å². The van der Waals surface area contributed by atoms with E-state index in [1.54, 1.807) is 31.3 Å². The summed E-state index contributed by atoms with van der Waals surface area (Å²) in [6.07, 6.45) is 0. The maximum atomic E-state index is 11.6. The summed E-state index contributed by atoms with van der Waals surface area (Å²) in [7, 11) is 4.23. The molecule has 0 spiro atoms. The zero-order chi connectivity index (χ0) is 14.4. The smallest absolute Gasteiger partial charge is 0.377 e. The van der Waals surface area contributed by atoms with Crippen LogP contribution < -0.4 is 4.90 Å². The molecular weight excluding hydrogens is 248 g/mol. The fraction of sp³-hybridized carbons (Fsp3) is 0.308. The van der Waals surface area contributed by atoms with E-state index in [1.165, 1.54) is 26.0 Å². The maximum absolute atomic E-state index is 11.6. The van der Waals surface area contributed by atoms with Gasteiger partial charge in [0.25, 0.3) is 5.84 Å². The Labute approximate surface area is 111 Å². The third-order valence-corrected chi connectivity index (χ3v) is 2.50. The summed E-state index contributed by atoms with van der Waals surface area (Å²) < 4.78 is 4.63. The fourth-order valence-electron chi connectivity index (χ4n) is 1.47. The number of rotatable bonds is 3. The molecule has 102 valence electrons. The van der Waals surface area contributed by atoms with Crippen LogP contribution in [-0.2, 0) is 14.4 Å². The van der Waals surface area contributed by atoms with Crippen LogP contribution >= 0.6 is 0 Å². The Hall–Kier alpha value is -2.37. The molecule has 0 radical (unpaired) electrons. The Morgan fingerprint density at radius 2 is 1.95 bits per heavy atom. The number of carbonyl (C=O) groups is 2. The molecule has 0 bridgehead atoms. The summed E-state index contributed by atoms with van der Waals surface area (Å²) in [4.78, 5) is 29.0. The van der Waals surface area contributed by atoms with Crippen LogP contribution in [0.4, 0.5) is 5.69 Å². The van der Waals surface area contributed by atoms with Gasteiger partial charge >= 0.3 is 5.97 Å². The van der Waals surface area contributed by atoms with Crippen LogP contribution in [0.3, 0.4) is 0 Å². The quantitative estimate of drug-likeness (QED) is 0.272. The van der Waals surface area contributed by atoms with Gasteiger partial charge < -0.3 is 14.5 Å². The lowest BCUT2D eigenvalue weighted by Crippen LogP contribution is -2.34. The molecule has 0 saturated carbocycles. The van der Waals surface area contributed by atoms with Gasteiger partial charge in [0.05, 0.1) is 7.11 Å². The van der Waals surface area contributed by atoms with Crippen LogP contribution in [0.25, 0.3) is 0 Å². The second-order valence-electron chi connectivity index (χ2n) is 3.75. The van der Waals surface area contributed by atoms with Crippen LogP contribution in [0.5, 0.6) is 0 Å². The first kappa shape index (κ1) is 14.7. The van der Waals surface area contributed by atoms with E-state index in [9.17, 15) is 9.59 Å². The minimum atomic E-state index is -0.627. The Morgan fingerprint density at radius 1 is 1.26 bits per heavy atom. The Balaban J connectivity index is 3.13. The Bertz CT molecular complexity index is 511. The number of ketones is 1. The van der Waals surface area contributed by atoms with Gasteiger partial charge in [0.15, 0.2) is 5.78 Å². The van der Waals surface area contributed by atoms with Gasteiger partial charge in [0, 0.05) is 18.3 Å². The minimum absolute atomic E-state index is 0.00861. The number of Topliss-reactive ketones (excluding diaryl/α,β-unsaturated/α-hetero) is 1. The highest BCUT2D eigenvalue weighted by molar-refractivity contribution is 6.40. The molecule has 0 aliphatic heterocycles. The largest absolute Gasteiger partial charge is 0.463 e. The summed E-state index contributed by atoms with van der Waals surface area (Å²) in [6, 6.07) is 6.84.